The summed E-state index contributed by atoms with van der Waals surface area (Å²) in [5.74, 6) is 0.901. The van der Waals surface area contributed by atoms with Gasteiger partial charge in [-0.15, -0.1) is 0 Å². The molecule has 1 N–H and O–H groups in total. The molecule has 4 heteroatoms. The van der Waals surface area contributed by atoms with E-state index >= 15 is 0 Å². The van der Waals surface area contributed by atoms with Gasteiger partial charge in [0.15, 0.2) is 0 Å². The maximum Gasteiger partial charge on any atom is 0.144 e. The molecule has 1 aromatic rings. The van der Waals surface area contributed by atoms with Gasteiger partial charge in [-0.25, -0.2) is 4.98 Å². The number of aromatic nitrogens is 2. The molecule has 3 nitrogen and oxygen atoms in total. The van der Waals surface area contributed by atoms with Gasteiger partial charge >= 0.3 is 0 Å². The number of hydrogen-bond donors (Lipinski definition) is 1. The number of nitrogens with one attached hydrogen (secondary N) is 1. The first-order chi connectivity index (χ1) is 6.90. The van der Waals surface area contributed by atoms with Crippen LogP contribution in [0.5, 0.6) is 0 Å². The zero-order chi connectivity index (χ0) is 9.80. The lowest BCUT2D eigenvalue weighted by atomic mass is 10.2. The Hall–Kier alpha value is -0.770. The van der Waals surface area contributed by atoms with Crippen LogP contribution in [0.3, 0.4) is 0 Å². The predicted molar refractivity (Wildman–Crippen MR) is 60.6 cm³/mol. The molecule has 1 heterocycles. The van der Waals surface area contributed by atoms with Gasteiger partial charge in [-0.05, 0) is 19.1 Å². The summed E-state index contributed by atoms with van der Waals surface area (Å²) in [5, 5.41) is 4.18. The van der Waals surface area contributed by atoms with E-state index in [9.17, 15) is 0 Å². The number of anilines is 1. The molecule has 0 aromatic carbocycles. The standard InChI is InChI=1S/C10H15N3S/c1-14-9-4-2-3-8(9)13-10-7-11-5-6-12-10/h5-9H,2-4H2,1H3,(H,12,13). The highest BCUT2D eigenvalue weighted by atomic mass is 32.2. The average molecular weight is 209 g/mol. The van der Waals surface area contributed by atoms with E-state index in [0.29, 0.717) is 6.04 Å². The van der Waals surface area contributed by atoms with E-state index in [-0.39, 0.29) is 0 Å². The van der Waals surface area contributed by atoms with Crippen molar-refractivity contribution in [3.05, 3.63) is 18.6 Å². The number of rotatable bonds is 3. The van der Waals surface area contributed by atoms with Crippen LogP contribution in [-0.2, 0) is 0 Å². The summed E-state index contributed by atoms with van der Waals surface area (Å²) in [5.41, 5.74) is 0. The minimum absolute atomic E-state index is 0.571. The van der Waals surface area contributed by atoms with Gasteiger partial charge in [0.05, 0.1) is 6.20 Å². The number of thioether (sulfide) groups is 1. The second-order valence-electron chi connectivity index (χ2n) is 3.55. The molecule has 2 unspecified atom stereocenters. The summed E-state index contributed by atoms with van der Waals surface area (Å²) in [7, 11) is 0. The van der Waals surface area contributed by atoms with Gasteiger partial charge < -0.3 is 5.32 Å². The Bertz CT molecular complexity index is 278. The molecule has 14 heavy (non-hydrogen) atoms. The topological polar surface area (TPSA) is 37.8 Å². The van der Waals surface area contributed by atoms with Crippen LogP contribution < -0.4 is 5.32 Å². The summed E-state index contributed by atoms with van der Waals surface area (Å²) in [6.45, 7) is 0. The molecular formula is C10H15N3S. The SMILES string of the molecule is CSC1CCCC1Nc1cnccn1. The Balaban J connectivity index is 1.97. The van der Waals surface area contributed by atoms with E-state index in [2.05, 4.69) is 21.5 Å². The van der Waals surface area contributed by atoms with Crippen LogP contribution in [0.15, 0.2) is 18.6 Å². The fourth-order valence-electron chi connectivity index (χ4n) is 1.94. The van der Waals surface area contributed by atoms with Crippen LogP contribution in [0, 0.1) is 0 Å². The maximum absolute atomic E-state index is 4.23. The fourth-order valence-corrected chi connectivity index (χ4v) is 2.87. The molecule has 0 spiro atoms. The van der Waals surface area contributed by atoms with Crippen molar-refractivity contribution in [2.75, 3.05) is 11.6 Å². The van der Waals surface area contributed by atoms with E-state index < -0.39 is 0 Å². The van der Waals surface area contributed by atoms with Crippen LogP contribution in [0.4, 0.5) is 5.82 Å². The van der Waals surface area contributed by atoms with Crippen LogP contribution >= 0.6 is 11.8 Å². The minimum atomic E-state index is 0.571. The Morgan fingerprint density at radius 3 is 3.07 bits per heavy atom. The van der Waals surface area contributed by atoms with Crippen LogP contribution in [0.25, 0.3) is 0 Å². The van der Waals surface area contributed by atoms with Gasteiger partial charge in [-0.3, -0.25) is 4.98 Å². The zero-order valence-corrected chi connectivity index (χ0v) is 9.13. The molecule has 0 amide bonds. The summed E-state index contributed by atoms with van der Waals surface area (Å²) >= 11 is 1.95. The highest BCUT2D eigenvalue weighted by molar-refractivity contribution is 7.99. The van der Waals surface area contributed by atoms with Gasteiger partial charge in [0.1, 0.15) is 5.82 Å². The molecule has 1 saturated carbocycles. The third-order valence-corrected chi connectivity index (χ3v) is 3.82. The Morgan fingerprint density at radius 1 is 1.43 bits per heavy atom. The van der Waals surface area contributed by atoms with Crippen molar-refractivity contribution < 1.29 is 0 Å². The third kappa shape index (κ3) is 2.18. The van der Waals surface area contributed by atoms with E-state index in [1.165, 1.54) is 19.3 Å². The van der Waals surface area contributed by atoms with Gasteiger partial charge in [-0.1, -0.05) is 6.42 Å². The van der Waals surface area contributed by atoms with E-state index in [1.54, 1.807) is 18.6 Å². The molecule has 0 aliphatic heterocycles. The first-order valence-electron chi connectivity index (χ1n) is 4.95. The lowest BCUT2D eigenvalue weighted by Gasteiger charge is -2.19. The zero-order valence-electron chi connectivity index (χ0n) is 8.31. The van der Waals surface area contributed by atoms with Crippen molar-refractivity contribution in [1.82, 2.24) is 9.97 Å². The van der Waals surface area contributed by atoms with Crippen molar-refractivity contribution in [2.24, 2.45) is 0 Å². The van der Waals surface area contributed by atoms with Crippen molar-refractivity contribution in [1.29, 1.82) is 0 Å². The third-order valence-electron chi connectivity index (χ3n) is 2.65. The second-order valence-corrected chi connectivity index (χ2v) is 4.62. The molecule has 1 aliphatic rings. The summed E-state index contributed by atoms with van der Waals surface area (Å²) in [6, 6.07) is 0.571. The van der Waals surface area contributed by atoms with Crippen LogP contribution in [0.2, 0.25) is 0 Å². The molecular weight excluding hydrogens is 194 g/mol. The summed E-state index contributed by atoms with van der Waals surface area (Å²) < 4.78 is 0. The van der Waals surface area contributed by atoms with Crippen molar-refractivity contribution in [3.63, 3.8) is 0 Å². The highest BCUT2D eigenvalue weighted by Crippen LogP contribution is 2.30. The summed E-state index contributed by atoms with van der Waals surface area (Å²) in [4.78, 5) is 8.27. The molecule has 0 bridgehead atoms. The van der Waals surface area contributed by atoms with E-state index in [1.807, 2.05) is 11.8 Å². The Morgan fingerprint density at radius 2 is 2.36 bits per heavy atom. The second kappa shape index (κ2) is 4.64. The Labute approximate surface area is 88.7 Å². The number of hydrogen-bond acceptors (Lipinski definition) is 4. The predicted octanol–water partition coefficient (Wildman–Crippen LogP) is 2.17. The molecule has 1 aromatic heterocycles. The molecule has 0 saturated heterocycles. The number of nitrogens with zero attached hydrogens (tertiary/aromatic N) is 2. The molecule has 1 fully saturated rings. The van der Waals surface area contributed by atoms with Crippen molar-refractivity contribution >= 4 is 17.6 Å². The quantitative estimate of drug-likeness (QED) is 0.828. The van der Waals surface area contributed by atoms with E-state index in [0.717, 1.165) is 11.1 Å². The molecule has 76 valence electrons. The van der Waals surface area contributed by atoms with Gasteiger partial charge in [0.25, 0.3) is 0 Å². The van der Waals surface area contributed by atoms with Crippen LogP contribution in [0.1, 0.15) is 19.3 Å². The Kier molecular flexibility index (Phi) is 3.24. The molecule has 2 atom stereocenters. The van der Waals surface area contributed by atoms with Gasteiger partial charge in [-0.2, -0.15) is 11.8 Å². The first kappa shape index (κ1) is 9.77. The first-order valence-corrected chi connectivity index (χ1v) is 6.24. The van der Waals surface area contributed by atoms with E-state index in [4.69, 9.17) is 0 Å². The molecule has 2 rings (SSSR count). The maximum atomic E-state index is 4.23. The molecule has 0 radical (unpaired) electrons. The largest absolute Gasteiger partial charge is 0.365 e. The highest BCUT2D eigenvalue weighted by Gasteiger charge is 2.26. The fraction of sp³-hybridized carbons (Fsp3) is 0.600. The van der Waals surface area contributed by atoms with Crippen LogP contribution in [-0.4, -0.2) is 27.5 Å². The average Bonchev–Trinajstić information content (AvgIpc) is 2.67. The lowest BCUT2D eigenvalue weighted by molar-refractivity contribution is 0.762. The van der Waals surface area contributed by atoms with Crippen molar-refractivity contribution in [3.8, 4) is 0 Å². The normalized spacial score (nSPS) is 26.4. The van der Waals surface area contributed by atoms with Gasteiger partial charge in [0, 0.05) is 23.7 Å². The van der Waals surface area contributed by atoms with Gasteiger partial charge in [0.2, 0.25) is 0 Å². The monoisotopic (exact) mass is 209 g/mol. The smallest absolute Gasteiger partial charge is 0.144 e. The molecule has 1 aliphatic carbocycles. The van der Waals surface area contributed by atoms with Crippen molar-refractivity contribution in [2.45, 2.75) is 30.6 Å². The minimum Gasteiger partial charge on any atom is -0.365 e. The lowest BCUT2D eigenvalue weighted by Crippen LogP contribution is -2.26. The summed E-state index contributed by atoms with van der Waals surface area (Å²) in [6.07, 6.45) is 11.3.